The monoisotopic (exact) mass is 277 g/mol. The fourth-order valence-corrected chi connectivity index (χ4v) is 2.35. The summed E-state index contributed by atoms with van der Waals surface area (Å²) >= 11 is 0. The smallest absolute Gasteiger partial charge is 0.194 e. The SMILES string of the molecule is CCNC(=NCc1ccccc1OC)N1CC[C@@H](O)C1. The minimum absolute atomic E-state index is 0.245. The molecule has 2 N–H and O–H groups in total. The van der Waals surface area contributed by atoms with Crippen LogP contribution in [0.2, 0.25) is 0 Å². The van der Waals surface area contributed by atoms with E-state index >= 15 is 0 Å². The molecule has 20 heavy (non-hydrogen) atoms. The van der Waals surface area contributed by atoms with Crippen LogP contribution in [0.25, 0.3) is 0 Å². The summed E-state index contributed by atoms with van der Waals surface area (Å²) in [6.07, 6.45) is 0.559. The Hall–Kier alpha value is -1.75. The van der Waals surface area contributed by atoms with E-state index in [0.717, 1.165) is 36.8 Å². The Bertz CT molecular complexity index is 462. The van der Waals surface area contributed by atoms with Crippen molar-refractivity contribution in [1.82, 2.24) is 10.2 Å². The van der Waals surface area contributed by atoms with Gasteiger partial charge in [0.05, 0.1) is 19.8 Å². The van der Waals surface area contributed by atoms with Gasteiger partial charge in [-0.05, 0) is 19.4 Å². The molecule has 5 heteroatoms. The van der Waals surface area contributed by atoms with Crippen molar-refractivity contribution in [2.75, 3.05) is 26.7 Å². The molecule has 0 amide bonds. The van der Waals surface area contributed by atoms with Crippen molar-refractivity contribution >= 4 is 5.96 Å². The van der Waals surface area contributed by atoms with Gasteiger partial charge in [0.2, 0.25) is 0 Å². The molecule has 0 unspecified atom stereocenters. The summed E-state index contributed by atoms with van der Waals surface area (Å²) in [5, 5.41) is 12.9. The van der Waals surface area contributed by atoms with Crippen LogP contribution in [0.5, 0.6) is 5.75 Å². The molecule has 1 heterocycles. The predicted molar refractivity (Wildman–Crippen MR) is 80.0 cm³/mol. The molecule has 110 valence electrons. The van der Waals surface area contributed by atoms with E-state index in [-0.39, 0.29) is 6.10 Å². The van der Waals surface area contributed by atoms with Crippen molar-refractivity contribution in [3.63, 3.8) is 0 Å². The Morgan fingerprint density at radius 3 is 2.95 bits per heavy atom. The Labute approximate surface area is 120 Å². The molecule has 0 saturated carbocycles. The summed E-state index contributed by atoms with van der Waals surface area (Å²) in [4.78, 5) is 6.75. The average Bonchev–Trinajstić information content (AvgIpc) is 2.90. The number of aliphatic imine (C=N–C) groups is 1. The maximum absolute atomic E-state index is 9.64. The van der Waals surface area contributed by atoms with E-state index in [1.807, 2.05) is 31.2 Å². The maximum Gasteiger partial charge on any atom is 0.194 e. The third-order valence-corrected chi connectivity index (χ3v) is 3.39. The summed E-state index contributed by atoms with van der Waals surface area (Å²) in [7, 11) is 1.67. The molecule has 0 radical (unpaired) electrons. The van der Waals surface area contributed by atoms with Gasteiger partial charge in [0.15, 0.2) is 5.96 Å². The van der Waals surface area contributed by atoms with Crippen molar-refractivity contribution in [3.8, 4) is 5.75 Å². The quantitative estimate of drug-likeness (QED) is 0.642. The molecule has 1 saturated heterocycles. The van der Waals surface area contributed by atoms with E-state index in [0.29, 0.717) is 13.1 Å². The Balaban J connectivity index is 2.09. The van der Waals surface area contributed by atoms with E-state index in [2.05, 4.69) is 15.2 Å². The number of hydrogen-bond donors (Lipinski definition) is 2. The molecule has 5 nitrogen and oxygen atoms in total. The first-order valence-corrected chi connectivity index (χ1v) is 7.07. The molecule has 1 aliphatic heterocycles. The third-order valence-electron chi connectivity index (χ3n) is 3.39. The van der Waals surface area contributed by atoms with Gasteiger partial charge in [-0.15, -0.1) is 0 Å². The molecule has 1 fully saturated rings. The fraction of sp³-hybridized carbons (Fsp3) is 0.533. The topological polar surface area (TPSA) is 57.1 Å². The number of guanidine groups is 1. The number of para-hydroxylation sites is 1. The van der Waals surface area contributed by atoms with Gasteiger partial charge < -0.3 is 20.1 Å². The van der Waals surface area contributed by atoms with Crippen molar-refractivity contribution < 1.29 is 9.84 Å². The lowest BCUT2D eigenvalue weighted by molar-refractivity contribution is 0.188. The van der Waals surface area contributed by atoms with Crippen LogP contribution < -0.4 is 10.1 Å². The van der Waals surface area contributed by atoms with E-state index < -0.39 is 0 Å². The molecule has 0 aromatic heterocycles. The highest BCUT2D eigenvalue weighted by atomic mass is 16.5. The van der Waals surface area contributed by atoms with Gasteiger partial charge in [0.25, 0.3) is 0 Å². The lowest BCUT2D eigenvalue weighted by atomic mass is 10.2. The van der Waals surface area contributed by atoms with Crippen molar-refractivity contribution in [3.05, 3.63) is 29.8 Å². The molecule has 1 aromatic carbocycles. The number of nitrogens with one attached hydrogen (secondary N) is 1. The maximum atomic E-state index is 9.64. The molecule has 0 bridgehead atoms. The second kappa shape index (κ2) is 7.14. The number of ether oxygens (including phenoxy) is 1. The second-order valence-corrected chi connectivity index (χ2v) is 4.87. The first kappa shape index (κ1) is 14.7. The Kier molecular flexibility index (Phi) is 5.24. The summed E-state index contributed by atoms with van der Waals surface area (Å²) in [5.74, 6) is 1.71. The van der Waals surface area contributed by atoms with Gasteiger partial charge >= 0.3 is 0 Å². The first-order chi connectivity index (χ1) is 9.74. The number of likely N-dealkylation sites (tertiary alicyclic amines) is 1. The summed E-state index contributed by atoms with van der Waals surface area (Å²) in [6.45, 7) is 4.93. The highest BCUT2D eigenvalue weighted by molar-refractivity contribution is 5.80. The fourth-order valence-electron chi connectivity index (χ4n) is 2.35. The van der Waals surface area contributed by atoms with Crippen LogP contribution in [0.15, 0.2) is 29.3 Å². The Morgan fingerprint density at radius 1 is 1.50 bits per heavy atom. The lowest BCUT2D eigenvalue weighted by Crippen LogP contribution is -2.40. The third kappa shape index (κ3) is 3.63. The lowest BCUT2D eigenvalue weighted by Gasteiger charge is -2.21. The highest BCUT2D eigenvalue weighted by Gasteiger charge is 2.22. The number of methoxy groups -OCH3 is 1. The van der Waals surface area contributed by atoms with Gasteiger partial charge in [0.1, 0.15) is 5.75 Å². The van der Waals surface area contributed by atoms with Crippen LogP contribution in [0.3, 0.4) is 0 Å². The number of benzene rings is 1. The molecule has 1 aromatic rings. The van der Waals surface area contributed by atoms with Crippen molar-refractivity contribution in [1.29, 1.82) is 0 Å². The van der Waals surface area contributed by atoms with Crippen molar-refractivity contribution in [2.24, 2.45) is 4.99 Å². The average molecular weight is 277 g/mol. The van der Waals surface area contributed by atoms with Gasteiger partial charge in [-0.25, -0.2) is 4.99 Å². The van der Waals surface area contributed by atoms with Crippen LogP contribution in [0, 0.1) is 0 Å². The summed E-state index contributed by atoms with van der Waals surface area (Å²) in [6, 6.07) is 7.90. The Morgan fingerprint density at radius 2 is 2.30 bits per heavy atom. The van der Waals surface area contributed by atoms with Gasteiger partial charge in [-0.3, -0.25) is 0 Å². The zero-order valence-corrected chi connectivity index (χ0v) is 12.2. The number of aliphatic hydroxyl groups is 1. The van der Waals surface area contributed by atoms with Crippen LogP contribution in [0.4, 0.5) is 0 Å². The van der Waals surface area contributed by atoms with Gasteiger partial charge in [-0.2, -0.15) is 0 Å². The first-order valence-electron chi connectivity index (χ1n) is 7.07. The van der Waals surface area contributed by atoms with Gasteiger partial charge in [-0.1, -0.05) is 18.2 Å². The molecule has 2 rings (SSSR count). The number of aliphatic hydroxyl groups excluding tert-OH is 1. The van der Waals surface area contributed by atoms with Crippen LogP contribution >= 0.6 is 0 Å². The summed E-state index contributed by atoms with van der Waals surface area (Å²) in [5.41, 5.74) is 1.06. The van der Waals surface area contributed by atoms with Crippen LogP contribution in [0.1, 0.15) is 18.9 Å². The van der Waals surface area contributed by atoms with E-state index in [1.54, 1.807) is 7.11 Å². The molecule has 0 spiro atoms. The minimum Gasteiger partial charge on any atom is -0.496 e. The molecule has 0 aliphatic carbocycles. The van der Waals surface area contributed by atoms with Gasteiger partial charge in [0, 0.05) is 25.2 Å². The molecular weight excluding hydrogens is 254 g/mol. The van der Waals surface area contributed by atoms with Crippen LogP contribution in [-0.2, 0) is 6.54 Å². The van der Waals surface area contributed by atoms with Crippen LogP contribution in [-0.4, -0.2) is 48.8 Å². The van der Waals surface area contributed by atoms with E-state index in [4.69, 9.17) is 4.74 Å². The van der Waals surface area contributed by atoms with E-state index in [1.165, 1.54) is 0 Å². The number of β-amino-alcohol motifs (C(OH)–C–C–N with tert-alkyl or cyclic N) is 1. The largest absolute Gasteiger partial charge is 0.496 e. The minimum atomic E-state index is -0.245. The summed E-state index contributed by atoms with van der Waals surface area (Å²) < 4.78 is 5.34. The molecule has 1 atom stereocenters. The zero-order valence-electron chi connectivity index (χ0n) is 12.2. The molecule has 1 aliphatic rings. The standard InChI is InChI=1S/C15H23N3O2/c1-3-16-15(18-9-8-13(19)11-18)17-10-12-6-4-5-7-14(12)20-2/h4-7,13,19H,3,8-11H2,1-2H3,(H,16,17)/t13-/m1/s1. The zero-order chi connectivity index (χ0) is 14.4. The highest BCUT2D eigenvalue weighted by Crippen LogP contribution is 2.18. The van der Waals surface area contributed by atoms with Crippen molar-refractivity contribution in [2.45, 2.75) is 26.0 Å². The number of rotatable bonds is 4. The second-order valence-electron chi connectivity index (χ2n) is 4.87. The normalized spacial score (nSPS) is 19.2. The predicted octanol–water partition coefficient (Wildman–Crippen LogP) is 1.23. The van der Waals surface area contributed by atoms with E-state index in [9.17, 15) is 5.11 Å². The molecular formula is C15H23N3O2. The number of hydrogen-bond acceptors (Lipinski definition) is 3. The number of nitrogens with zero attached hydrogens (tertiary/aromatic N) is 2.